The first-order chi connectivity index (χ1) is 9.50. The topological polar surface area (TPSA) is 52.3 Å². The largest absolute Gasteiger partial charge is 0.457 e. The van der Waals surface area contributed by atoms with E-state index in [4.69, 9.17) is 10.5 Å². The van der Waals surface area contributed by atoms with Gasteiger partial charge in [0.15, 0.2) is 0 Å². The van der Waals surface area contributed by atoms with Crippen molar-refractivity contribution in [2.75, 3.05) is 5.73 Å². The average Bonchev–Trinajstić information content (AvgIpc) is 2.41. The molecule has 0 aromatic heterocycles. The molecule has 3 nitrogen and oxygen atoms in total. The Labute approximate surface area is 122 Å². The Morgan fingerprint density at radius 2 is 1.75 bits per heavy atom. The van der Waals surface area contributed by atoms with E-state index in [9.17, 15) is 13.6 Å². The van der Waals surface area contributed by atoms with Gasteiger partial charge in [0.25, 0.3) is 0 Å². The van der Waals surface area contributed by atoms with Crippen LogP contribution in [0.5, 0.6) is 0 Å². The van der Waals surface area contributed by atoms with Gasteiger partial charge in [-0.25, -0.2) is 13.6 Å². The van der Waals surface area contributed by atoms with Gasteiger partial charge in [-0.15, -0.1) is 0 Å². The lowest BCUT2D eigenvalue weighted by Gasteiger charge is -2.09. The molecule has 2 aromatic rings. The second-order valence-electron chi connectivity index (χ2n) is 3.99. The molecule has 0 saturated carbocycles. The van der Waals surface area contributed by atoms with Crippen LogP contribution in [0.3, 0.4) is 0 Å². The fourth-order valence-electron chi connectivity index (χ4n) is 1.59. The number of halogens is 3. The summed E-state index contributed by atoms with van der Waals surface area (Å²) in [5.41, 5.74) is 5.92. The molecule has 0 saturated heterocycles. The van der Waals surface area contributed by atoms with Gasteiger partial charge in [-0.1, -0.05) is 12.1 Å². The lowest BCUT2D eigenvalue weighted by Crippen LogP contribution is -2.09. The van der Waals surface area contributed by atoms with Gasteiger partial charge in [0.1, 0.15) is 18.2 Å². The predicted molar refractivity (Wildman–Crippen MR) is 74.0 cm³/mol. The maximum Gasteiger partial charge on any atom is 0.339 e. The molecule has 0 fully saturated rings. The number of anilines is 1. The van der Waals surface area contributed by atoms with Crippen molar-refractivity contribution in [2.45, 2.75) is 6.61 Å². The summed E-state index contributed by atoms with van der Waals surface area (Å²) in [5.74, 6) is -2.24. The summed E-state index contributed by atoms with van der Waals surface area (Å²) in [6.45, 7) is -0.488. The highest BCUT2D eigenvalue weighted by molar-refractivity contribution is 9.10. The molecular formula is C14H10BrF2NO2. The molecule has 2 aromatic carbocycles. The van der Waals surface area contributed by atoms with Crippen LogP contribution < -0.4 is 5.73 Å². The average molecular weight is 342 g/mol. The van der Waals surface area contributed by atoms with E-state index >= 15 is 0 Å². The minimum absolute atomic E-state index is 0.196. The highest BCUT2D eigenvalue weighted by Gasteiger charge is 2.15. The van der Waals surface area contributed by atoms with Crippen LogP contribution in [0.4, 0.5) is 14.5 Å². The van der Waals surface area contributed by atoms with Gasteiger partial charge in [-0.2, -0.15) is 0 Å². The number of ether oxygens (including phenoxy) is 1. The Morgan fingerprint density at radius 1 is 1.15 bits per heavy atom. The first-order valence-electron chi connectivity index (χ1n) is 5.64. The molecule has 0 aliphatic carbocycles. The lowest BCUT2D eigenvalue weighted by molar-refractivity contribution is 0.0464. The molecule has 0 unspecified atom stereocenters. The van der Waals surface area contributed by atoms with Crippen molar-refractivity contribution in [2.24, 2.45) is 0 Å². The van der Waals surface area contributed by atoms with E-state index in [1.54, 1.807) is 12.1 Å². The summed E-state index contributed by atoms with van der Waals surface area (Å²) in [6.07, 6.45) is 0. The number of carbonyl (C=O) groups is 1. The SMILES string of the molecule is Nc1cccc(C(=O)OCc2c(F)cccc2F)c1Br. The zero-order valence-electron chi connectivity index (χ0n) is 10.2. The van der Waals surface area contributed by atoms with Crippen molar-refractivity contribution < 1.29 is 18.3 Å². The van der Waals surface area contributed by atoms with E-state index < -0.39 is 24.2 Å². The Hall–Kier alpha value is -1.95. The number of hydrogen-bond acceptors (Lipinski definition) is 3. The molecule has 2 rings (SSSR count). The lowest BCUT2D eigenvalue weighted by atomic mass is 10.2. The predicted octanol–water partition coefficient (Wildman–Crippen LogP) is 3.67. The van der Waals surface area contributed by atoms with E-state index in [-0.39, 0.29) is 11.1 Å². The van der Waals surface area contributed by atoms with Crippen molar-refractivity contribution in [3.63, 3.8) is 0 Å². The minimum atomic E-state index is -0.760. The number of benzene rings is 2. The third-order valence-electron chi connectivity index (χ3n) is 2.66. The van der Waals surface area contributed by atoms with Crippen LogP contribution in [0.15, 0.2) is 40.9 Å². The van der Waals surface area contributed by atoms with Gasteiger partial charge in [0, 0.05) is 5.69 Å². The monoisotopic (exact) mass is 341 g/mol. The van der Waals surface area contributed by atoms with Crippen LogP contribution in [0.1, 0.15) is 15.9 Å². The molecule has 0 spiro atoms. The normalized spacial score (nSPS) is 10.3. The smallest absolute Gasteiger partial charge is 0.339 e. The van der Waals surface area contributed by atoms with Crippen LogP contribution in [-0.4, -0.2) is 5.97 Å². The molecule has 0 aliphatic rings. The Morgan fingerprint density at radius 3 is 2.40 bits per heavy atom. The van der Waals surface area contributed by atoms with Crippen molar-refractivity contribution in [3.05, 3.63) is 63.6 Å². The van der Waals surface area contributed by atoms with Gasteiger partial charge in [-0.3, -0.25) is 0 Å². The molecule has 104 valence electrons. The van der Waals surface area contributed by atoms with Crippen molar-refractivity contribution in [3.8, 4) is 0 Å². The zero-order chi connectivity index (χ0) is 14.7. The van der Waals surface area contributed by atoms with E-state index in [1.807, 2.05) is 0 Å². The zero-order valence-corrected chi connectivity index (χ0v) is 11.8. The standard InChI is InChI=1S/C14H10BrF2NO2/c15-13-8(3-1-6-12(13)18)14(19)20-7-9-10(16)4-2-5-11(9)17/h1-6H,7,18H2. The number of nitrogen functional groups attached to an aromatic ring is 1. The molecule has 0 aliphatic heterocycles. The minimum Gasteiger partial charge on any atom is -0.457 e. The highest BCUT2D eigenvalue weighted by Crippen LogP contribution is 2.25. The number of carbonyl (C=O) groups excluding carboxylic acids is 1. The number of rotatable bonds is 3. The fourth-order valence-corrected chi connectivity index (χ4v) is 2.02. The summed E-state index contributed by atoms with van der Waals surface area (Å²) >= 11 is 3.16. The molecule has 20 heavy (non-hydrogen) atoms. The van der Waals surface area contributed by atoms with Crippen LogP contribution in [0, 0.1) is 11.6 Å². The maximum atomic E-state index is 13.4. The number of hydrogen-bond donors (Lipinski definition) is 1. The summed E-state index contributed by atoms with van der Waals surface area (Å²) in [6, 6.07) is 8.13. The summed E-state index contributed by atoms with van der Waals surface area (Å²) in [7, 11) is 0. The first-order valence-corrected chi connectivity index (χ1v) is 6.44. The van der Waals surface area contributed by atoms with Gasteiger partial charge in [-0.05, 0) is 40.2 Å². The quantitative estimate of drug-likeness (QED) is 0.684. The van der Waals surface area contributed by atoms with Crippen LogP contribution >= 0.6 is 15.9 Å². The van der Waals surface area contributed by atoms with Crippen molar-refractivity contribution in [1.29, 1.82) is 0 Å². The Balaban J connectivity index is 2.15. The molecule has 0 heterocycles. The molecule has 2 N–H and O–H groups in total. The third kappa shape index (κ3) is 2.96. The molecule has 0 bridgehead atoms. The molecule has 6 heteroatoms. The van der Waals surface area contributed by atoms with Gasteiger partial charge in [0.2, 0.25) is 0 Å². The maximum absolute atomic E-state index is 13.4. The summed E-state index contributed by atoms with van der Waals surface area (Å²) in [5, 5.41) is 0. The third-order valence-corrected chi connectivity index (χ3v) is 3.54. The van der Waals surface area contributed by atoms with Crippen molar-refractivity contribution in [1.82, 2.24) is 0 Å². The first kappa shape index (κ1) is 14.5. The number of nitrogens with two attached hydrogens (primary N) is 1. The van der Waals surface area contributed by atoms with E-state index in [1.165, 1.54) is 12.1 Å². The highest BCUT2D eigenvalue weighted by atomic mass is 79.9. The van der Waals surface area contributed by atoms with Gasteiger partial charge in [0.05, 0.1) is 15.6 Å². The molecule has 0 radical (unpaired) electrons. The van der Waals surface area contributed by atoms with E-state index in [2.05, 4.69) is 15.9 Å². The van der Waals surface area contributed by atoms with Crippen LogP contribution in [0.25, 0.3) is 0 Å². The molecule has 0 atom stereocenters. The van der Waals surface area contributed by atoms with Gasteiger partial charge < -0.3 is 10.5 Å². The van der Waals surface area contributed by atoms with Crippen LogP contribution in [-0.2, 0) is 11.3 Å². The van der Waals surface area contributed by atoms with E-state index in [0.717, 1.165) is 12.1 Å². The second kappa shape index (κ2) is 6.00. The second-order valence-corrected chi connectivity index (χ2v) is 4.78. The van der Waals surface area contributed by atoms with Crippen molar-refractivity contribution >= 4 is 27.6 Å². The Bertz CT molecular complexity index is 641. The molecular weight excluding hydrogens is 332 g/mol. The summed E-state index contributed by atoms with van der Waals surface area (Å²) < 4.78 is 32.1. The van der Waals surface area contributed by atoms with Gasteiger partial charge >= 0.3 is 5.97 Å². The fraction of sp³-hybridized carbons (Fsp3) is 0.0714. The Kier molecular flexibility index (Phi) is 4.34. The van der Waals surface area contributed by atoms with E-state index in [0.29, 0.717) is 10.2 Å². The summed E-state index contributed by atoms with van der Waals surface area (Å²) in [4.78, 5) is 11.9. The molecule has 0 amide bonds. The van der Waals surface area contributed by atoms with Crippen LogP contribution in [0.2, 0.25) is 0 Å². The number of esters is 1.